The Kier molecular flexibility index (Phi) is 11.5. The van der Waals surface area contributed by atoms with E-state index in [1.165, 1.54) is 16.8 Å². The van der Waals surface area contributed by atoms with Crippen LogP contribution >= 0.6 is 0 Å². The molecule has 7 rings (SSSR count). The van der Waals surface area contributed by atoms with Gasteiger partial charge in [0, 0.05) is 18.4 Å². The number of anilines is 1. The first-order chi connectivity index (χ1) is 26.4. The van der Waals surface area contributed by atoms with E-state index >= 15 is 0 Å². The van der Waals surface area contributed by atoms with E-state index in [1.54, 1.807) is 44.6 Å². The summed E-state index contributed by atoms with van der Waals surface area (Å²) in [4.78, 5) is 30.5. The van der Waals surface area contributed by atoms with E-state index in [0.29, 0.717) is 30.1 Å². The van der Waals surface area contributed by atoms with E-state index in [2.05, 4.69) is 10.3 Å². The number of methoxy groups -OCH3 is 2. The number of amides is 1. The Hall–Kier alpha value is -5.37. The highest BCUT2D eigenvalue weighted by atomic mass is 16.7. The molecule has 2 fully saturated rings. The van der Waals surface area contributed by atoms with E-state index in [9.17, 15) is 14.7 Å². The van der Waals surface area contributed by atoms with Crippen molar-refractivity contribution in [2.75, 3.05) is 32.8 Å². The van der Waals surface area contributed by atoms with Gasteiger partial charge in [0.1, 0.15) is 41.2 Å². The van der Waals surface area contributed by atoms with E-state index in [-0.39, 0.29) is 12.4 Å². The molecule has 2 aliphatic heterocycles. The third-order valence-corrected chi connectivity index (χ3v) is 9.78. The maximum absolute atomic E-state index is 13.6. The highest BCUT2D eigenvalue weighted by Gasteiger charge is 2.49. The zero-order valence-electron chi connectivity index (χ0n) is 30.1. The number of hydrogen-bond acceptors (Lipinski definition) is 10. The van der Waals surface area contributed by atoms with Crippen LogP contribution in [0, 0.1) is 0 Å². The number of carbonyl (C=O) groups is 1. The molecule has 2 saturated heterocycles. The molecule has 280 valence electrons. The fourth-order valence-corrected chi connectivity index (χ4v) is 6.96. The molecule has 4 aromatic carbocycles. The molecule has 12 nitrogen and oxygen atoms in total. The zero-order valence-corrected chi connectivity index (χ0v) is 30.1. The minimum Gasteiger partial charge on any atom is -0.497 e. The number of rotatable bonds is 13. The van der Waals surface area contributed by atoms with E-state index in [4.69, 9.17) is 28.4 Å². The summed E-state index contributed by atoms with van der Waals surface area (Å²) in [5.74, 6) is 1.03. The van der Waals surface area contributed by atoms with Gasteiger partial charge in [0.15, 0.2) is 12.5 Å². The maximum atomic E-state index is 13.6. The third-order valence-electron chi connectivity index (χ3n) is 9.78. The van der Waals surface area contributed by atoms with Crippen LogP contribution in [0.3, 0.4) is 0 Å². The number of aliphatic hydroxyl groups excluding tert-OH is 1. The Balaban J connectivity index is 1.22. The summed E-state index contributed by atoms with van der Waals surface area (Å²) >= 11 is 0. The fourth-order valence-electron chi connectivity index (χ4n) is 6.96. The van der Waals surface area contributed by atoms with Crippen molar-refractivity contribution in [1.82, 2.24) is 9.55 Å². The molecule has 54 heavy (non-hydrogen) atoms. The Morgan fingerprint density at radius 1 is 0.852 bits per heavy atom. The van der Waals surface area contributed by atoms with Gasteiger partial charge < -0.3 is 38.8 Å². The van der Waals surface area contributed by atoms with Gasteiger partial charge in [-0.25, -0.2) is 4.79 Å². The second-order valence-corrected chi connectivity index (χ2v) is 13.1. The average Bonchev–Trinajstić information content (AvgIpc) is 3.53. The van der Waals surface area contributed by atoms with Crippen molar-refractivity contribution in [1.29, 1.82) is 0 Å². The molecular weight excluding hydrogens is 690 g/mol. The SMILES string of the molecule is COc1ccc(C(OC[C@H]2O[C@@H](n3ccc(NC(=O)c4ccccc4)nc3=O)[C@H](O[C@H]3CCCCO3)[C@@H]2O)(c2ccccc2)c2ccc(OC)cc2)cc1. The normalized spacial score (nSPS) is 21.4. The number of hydrogen-bond donors (Lipinski definition) is 2. The van der Waals surface area contributed by atoms with Crippen molar-refractivity contribution in [3.63, 3.8) is 0 Å². The Morgan fingerprint density at radius 3 is 2.04 bits per heavy atom. The summed E-state index contributed by atoms with van der Waals surface area (Å²) in [6, 6.07) is 35.2. The van der Waals surface area contributed by atoms with Crippen molar-refractivity contribution in [3.05, 3.63) is 154 Å². The topological polar surface area (TPSA) is 140 Å². The van der Waals surface area contributed by atoms with Crippen LogP contribution in [0.1, 0.15) is 52.5 Å². The molecule has 0 unspecified atom stereocenters. The van der Waals surface area contributed by atoms with Crippen molar-refractivity contribution in [2.24, 2.45) is 0 Å². The third kappa shape index (κ3) is 7.79. The number of aromatic nitrogens is 2. The number of carbonyl (C=O) groups excluding carboxylic acids is 1. The number of nitrogens with one attached hydrogen (secondary N) is 1. The smallest absolute Gasteiger partial charge is 0.351 e. The molecule has 0 spiro atoms. The van der Waals surface area contributed by atoms with Gasteiger partial charge in [0.05, 0.1) is 20.8 Å². The Bertz CT molecular complexity index is 1990. The lowest BCUT2D eigenvalue weighted by atomic mass is 9.80. The summed E-state index contributed by atoms with van der Waals surface area (Å²) in [6.07, 6.45) is -0.992. The predicted octanol–water partition coefficient (Wildman–Crippen LogP) is 5.69. The van der Waals surface area contributed by atoms with Crippen LogP contribution in [-0.4, -0.2) is 72.6 Å². The second kappa shape index (κ2) is 16.8. The van der Waals surface area contributed by atoms with E-state index in [1.807, 2.05) is 78.9 Å². The van der Waals surface area contributed by atoms with Crippen molar-refractivity contribution < 1.29 is 38.3 Å². The fraction of sp³-hybridized carbons (Fsp3) is 0.310. The quantitative estimate of drug-likeness (QED) is 0.145. The molecule has 0 saturated carbocycles. The lowest BCUT2D eigenvalue weighted by Gasteiger charge is -2.37. The molecule has 2 aliphatic rings. The van der Waals surface area contributed by atoms with Crippen LogP contribution in [0.2, 0.25) is 0 Å². The zero-order chi connectivity index (χ0) is 37.5. The van der Waals surface area contributed by atoms with E-state index < -0.39 is 48.0 Å². The summed E-state index contributed by atoms with van der Waals surface area (Å²) in [5, 5.41) is 14.6. The molecule has 5 aromatic rings. The number of aliphatic hydroxyl groups is 1. The highest BCUT2D eigenvalue weighted by molar-refractivity contribution is 6.03. The van der Waals surface area contributed by atoms with Crippen LogP contribution < -0.4 is 20.5 Å². The van der Waals surface area contributed by atoms with Gasteiger partial charge in [-0.05, 0) is 78.4 Å². The van der Waals surface area contributed by atoms with Gasteiger partial charge in [-0.15, -0.1) is 0 Å². The molecule has 0 bridgehead atoms. The van der Waals surface area contributed by atoms with Crippen LogP contribution in [0.5, 0.6) is 11.5 Å². The molecule has 1 aromatic heterocycles. The lowest BCUT2D eigenvalue weighted by molar-refractivity contribution is -0.215. The largest absolute Gasteiger partial charge is 0.497 e. The highest BCUT2D eigenvalue weighted by Crippen LogP contribution is 2.43. The van der Waals surface area contributed by atoms with Crippen molar-refractivity contribution in [3.8, 4) is 11.5 Å². The van der Waals surface area contributed by atoms with Crippen LogP contribution in [0.4, 0.5) is 5.82 Å². The molecule has 5 atom stereocenters. The Labute approximate surface area is 313 Å². The molecule has 1 amide bonds. The summed E-state index contributed by atoms with van der Waals surface area (Å²) in [6.45, 7) is 0.412. The monoisotopic (exact) mass is 733 g/mol. The Morgan fingerprint density at radius 2 is 1.46 bits per heavy atom. The molecular formula is C42H43N3O9. The van der Waals surface area contributed by atoms with Gasteiger partial charge in [-0.1, -0.05) is 72.8 Å². The van der Waals surface area contributed by atoms with Crippen LogP contribution in [0.25, 0.3) is 0 Å². The van der Waals surface area contributed by atoms with Crippen molar-refractivity contribution in [2.45, 2.75) is 55.7 Å². The first-order valence-electron chi connectivity index (χ1n) is 17.9. The number of benzene rings is 4. The summed E-state index contributed by atoms with van der Waals surface area (Å²) < 4.78 is 38.0. The molecule has 0 aliphatic carbocycles. The molecule has 0 radical (unpaired) electrons. The minimum atomic E-state index is -1.23. The first-order valence-corrected chi connectivity index (χ1v) is 17.9. The summed E-state index contributed by atoms with van der Waals surface area (Å²) in [5.41, 5.74) is 0.988. The van der Waals surface area contributed by atoms with Gasteiger partial charge in [0.25, 0.3) is 5.91 Å². The standard InChI is InChI=1S/C42H43N3O9/c1-49-32-20-16-30(17-21-32)42(29-13-7-4-8-14-29,31-18-22-33(50-2)23-19-31)52-27-34-37(46)38(54-36-15-9-10-26-51-36)40(53-34)45-25-24-35(44-41(45)48)43-39(47)28-11-5-3-6-12-28/h3-8,11-14,16-25,34,36-38,40,46H,9-10,15,26-27H2,1-2H3,(H,43,44,47,48)/t34-,36+,37-,38-,40-/m1/s1. The maximum Gasteiger partial charge on any atom is 0.351 e. The molecule has 2 N–H and O–H groups in total. The second-order valence-electron chi connectivity index (χ2n) is 13.1. The van der Waals surface area contributed by atoms with E-state index in [0.717, 1.165) is 29.5 Å². The average molecular weight is 734 g/mol. The van der Waals surface area contributed by atoms with Gasteiger partial charge in [-0.2, -0.15) is 4.98 Å². The van der Waals surface area contributed by atoms with Gasteiger partial charge >= 0.3 is 5.69 Å². The number of ether oxygens (including phenoxy) is 6. The number of nitrogens with zero attached hydrogens (tertiary/aromatic N) is 2. The van der Waals surface area contributed by atoms with Crippen molar-refractivity contribution >= 4 is 11.7 Å². The van der Waals surface area contributed by atoms with Gasteiger partial charge in [0.2, 0.25) is 0 Å². The van der Waals surface area contributed by atoms with Gasteiger partial charge in [-0.3, -0.25) is 9.36 Å². The summed E-state index contributed by atoms with van der Waals surface area (Å²) in [7, 11) is 3.22. The predicted molar refractivity (Wildman–Crippen MR) is 200 cm³/mol. The molecule has 3 heterocycles. The van der Waals surface area contributed by atoms with Crippen LogP contribution in [0.15, 0.2) is 126 Å². The minimum absolute atomic E-state index is 0.0724. The lowest BCUT2D eigenvalue weighted by Crippen LogP contribution is -2.42. The molecule has 12 heteroatoms. The van der Waals surface area contributed by atoms with Crippen LogP contribution in [-0.2, 0) is 24.5 Å². The first kappa shape index (κ1) is 37.0.